The predicted molar refractivity (Wildman–Crippen MR) is 111 cm³/mol. The van der Waals surface area contributed by atoms with Crippen LogP contribution in [0.3, 0.4) is 0 Å². The lowest BCUT2D eigenvalue weighted by molar-refractivity contribution is 0.103. The highest BCUT2D eigenvalue weighted by molar-refractivity contribution is 7.17. The lowest BCUT2D eigenvalue weighted by atomic mass is 10.1. The number of rotatable bonds is 4. The van der Waals surface area contributed by atoms with E-state index in [1.54, 1.807) is 12.1 Å². The number of para-hydroxylation sites is 1. The van der Waals surface area contributed by atoms with Gasteiger partial charge in [-0.25, -0.2) is 0 Å². The number of hydrogen-bond donors (Lipinski definition) is 1. The molecule has 0 fully saturated rings. The van der Waals surface area contributed by atoms with Crippen molar-refractivity contribution in [1.82, 2.24) is 9.78 Å². The van der Waals surface area contributed by atoms with E-state index in [9.17, 15) is 4.79 Å². The Hall–Kier alpha value is -2.89. The van der Waals surface area contributed by atoms with E-state index in [-0.39, 0.29) is 5.91 Å². The zero-order valence-electron chi connectivity index (χ0n) is 14.5. The number of aryl methyl sites for hydroxylation is 1. The number of aromatic nitrogens is 2. The summed E-state index contributed by atoms with van der Waals surface area (Å²) in [5, 5.41) is 7.97. The number of benzene rings is 2. The average molecular weight is 394 g/mol. The normalized spacial score (nSPS) is 10.7. The van der Waals surface area contributed by atoms with Gasteiger partial charge in [-0.05, 0) is 30.3 Å². The highest BCUT2D eigenvalue weighted by Gasteiger charge is 2.15. The van der Waals surface area contributed by atoms with Crippen molar-refractivity contribution in [1.29, 1.82) is 0 Å². The summed E-state index contributed by atoms with van der Waals surface area (Å²) in [4.78, 5) is 14.1. The van der Waals surface area contributed by atoms with Crippen molar-refractivity contribution in [3.8, 4) is 21.8 Å². The Kier molecular flexibility index (Phi) is 4.79. The van der Waals surface area contributed by atoms with Gasteiger partial charge in [0.2, 0.25) is 0 Å². The van der Waals surface area contributed by atoms with Gasteiger partial charge < -0.3 is 5.32 Å². The zero-order chi connectivity index (χ0) is 18.8. The van der Waals surface area contributed by atoms with Crippen LogP contribution >= 0.6 is 22.9 Å². The first-order chi connectivity index (χ1) is 13.1. The van der Waals surface area contributed by atoms with Crippen LogP contribution in [0.25, 0.3) is 21.8 Å². The number of halogens is 1. The van der Waals surface area contributed by atoms with E-state index >= 15 is 0 Å². The van der Waals surface area contributed by atoms with Crippen LogP contribution in [0.15, 0.2) is 72.8 Å². The largest absolute Gasteiger partial charge is 0.320 e. The maximum atomic E-state index is 12.5. The fraction of sp³-hybridized carbons (Fsp3) is 0.0476. The molecule has 2 aromatic heterocycles. The van der Waals surface area contributed by atoms with E-state index < -0.39 is 0 Å². The summed E-state index contributed by atoms with van der Waals surface area (Å²) in [7, 11) is 1.91. The molecule has 0 unspecified atom stereocenters. The first-order valence-electron chi connectivity index (χ1n) is 8.37. The monoisotopic (exact) mass is 393 g/mol. The Balaban J connectivity index is 1.59. The number of nitrogens with zero attached hydrogens (tertiary/aromatic N) is 2. The zero-order valence-corrected chi connectivity index (χ0v) is 16.1. The summed E-state index contributed by atoms with van der Waals surface area (Å²) in [5.41, 5.74) is 3.54. The maximum Gasteiger partial charge on any atom is 0.265 e. The molecule has 0 radical (unpaired) electrons. The minimum Gasteiger partial charge on any atom is -0.320 e. The Morgan fingerprint density at radius 1 is 1.04 bits per heavy atom. The predicted octanol–water partition coefficient (Wildman–Crippen LogP) is 5.72. The molecule has 0 aliphatic carbocycles. The van der Waals surface area contributed by atoms with Crippen LogP contribution in [-0.4, -0.2) is 15.7 Å². The molecule has 2 aromatic carbocycles. The van der Waals surface area contributed by atoms with Crippen molar-refractivity contribution in [2.75, 3.05) is 5.32 Å². The van der Waals surface area contributed by atoms with Crippen molar-refractivity contribution < 1.29 is 4.79 Å². The van der Waals surface area contributed by atoms with Crippen LogP contribution < -0.4 is 5.32 Å². The molecule has 0 bridgehead atoms. The lowest BCUT2D eigenvalue weighted by Gasteiger charge is -2.05. The third-order valence-electron chi connectivity index (χ3n) is 4.15. The fourth-order valence-electron chi connectivity index (χ4n) is 2.79. The van der Waals surface area contributed by atoms with Gasteiger partial charge in [0.15, 0.2) is 0 Å². The molecule has 0 spiro atoms. The average Bonchev–Trinajstić information content (AvgIpc) is 3.31. The van der Waals surface area contributed by atoms with Crippen LogP contribution in [0, 0.1) is 0 Å². The van der Waals surface area contributed by atoms with Gasteiger partial charge in [0.1, 0.15) is 0 Å². The van der Waals surface area contributed by atoms with Crippen molar-refractivity contribution in [2.45, 2.75) is 0 Å². The lowest BCUT2D eigenvalue weighted by Crippen LogP contribution is -2.10. The molecule has 4 aromatic rings. The molecular weight excluding hydrogens is 378 g/mol. The summed E-state index contributed by atoms with van der Waals surface area (Å²) in [6, 6.07) is 23.0. The van der Waals surface area contributed by atoms with Crippen molar-refractivity contribution in [3.63, 3.8) is 0 Å². The standard InChI is InChI=1S/C21H16ClN3OS/c1-25-18(13-17(24-25)14-7-3-2-4-8-14)19-11-12-20(27-19)21(26)23-16-10-6-5-9-15(16)22/h2-13H,1H3,(H,23,26). The highest BCUT2D eigenvalue weighted by Crippen LogP contribution is 2.31. The first kappa shape index (κ1) is 17.5. The first-order valence-corrected chi connectivity index (χ1v) is 9.57. The second kappa shape index (κ2) is 7.39. The molecule has 134 valence electrons. The highest BCUT2D eigenvalue weighted by atomic mass is 35.5. The molecule has 0 aliphatic heterocycles. The van der Waals surface area contributed by atoms with Crippen molar-refractivity contribution in [3.05, 3.63) is 82.7 Å². The molecule has 0 saturated carbocycles. The van der Waals surface area contributed by atoms with E-state index in [4.69, 9.17) is 11.6 Å². The van der Waals surface area contributed by atoms with Gasteiger partial charge in [-0.15, -0.1) is 11.3 Å². The van der Waals surface area contributed by atoms with E-state index in [0.717, 1.165) is 21.8 Å². The molecule has 2 heterocycles. The van der Waals surface area contributed by atoms with E-state index in [0.29, 0.717) is 15.6 Å². The van der Waals surface area contributed by atoms with Gasteiger partial charge in [-0.3, -0.25) is 9.48 Å². The van der Waals surface area contributed by atoms with Gasteiger partial charge in [-0.1, -0.05) is 54.1 Å². The topological polar surface area (TPSA) is 46.9 Å². The Labute approximate surface area is 166 Å². The van der Waals surface area contributed by atoms with Crippen LogP contribution in [0.1, 0.15) is 9.67 Å². The summed E-state index contributed by atoms with van der Waals surface area (Å²) in [6.07, 6.45) is 0. The van der Waals surface area contributed by atoms with Gasteiger partial charge in [0.05, 0.1) is 31.9 Å². The number of amides is 1. The molecule has 0 saturated heterocycles. The smallest absolute Gasteiger partial charge is 0.265 e. The number of carbonyl (C=O) groups excluding carboxylic acids is 1. The van der Waals surface area contributed by atoms with Crippen LogP contribution in [0.2, 0.25) is 5.02 Å². The van der Waals surface area contributed by atoms with Gasteiger partial charge in [0.25, 0.3) is 5.91 Å². The van der Waals surface area contributed by atoms with Crippen molar-refractivity contribution >= 4 is 34.5 Å². The number of anilines is 1. The molecule has 4 nitrogen and oxygen atoms in total. The second-order valence-corrected chi connectivity index (χ2v) is 7.49. The van der Waals surface area contributed by atoms with Gasteiger partial charge >= 0.3 is 0 Å². The Morgan fingerprint density at radius 3 is 2.56 bits per heavy atom. The molecular formula is C21H16ClN3OS. The third-order valence-corrected chi connectivity index (χ3v) is 5.59. The van der Waals surface area contributed by atoms with E-state index in [1.165, 1.54) is 11.3 Å². The number of nitrogens with one attached hydrogen (secondary N) is 1. The molecule has 0 aliphatic rings. The molecule has 1 amide bonds. The second-order valence-electron chi connectivity index (χ2n) is 6.00. The summed E-state index contributed by atoms with van der Waals surface area (Å²) >= 11 is 7.54. The summed E-state index contributed by atoms with van der Waals surface area (Å²) in [5.74, 6) is -0.176. The Morgan fingerprint density at radius 2 is 1.78 bits per heavy atom. The molecule has 4 rings (SSSR count). The van der Waals surface area contributed by atoms with Gasteiger partial charge in [0, 0.05) is 12.6 Å². The SMILES string of the molecule is Cn1nc(-c2ccccc2)cc1-c1ccc(C(=O)Nc2ccccc2Cl)s1. The van der Waals surface area contributed by atoms with E-state index in [1.807, 2.05) is 72.4 Å². The third kappa shape index (κ3) is 3.65. The van der Waals surface area contributed by atoms with Crippen LogP contribution in [0.5, 0.6) is 0 Å². The molecule has 0 atom stereocenters. The Bertz CT molecular complexity index is 1100. The minimum absolute atomic E-state index is 0.176. The molecule has 27 heavy (non-hydrogen) atoms. The number of thiophene rings is 1. The van der Waals surface area contributed by atoms with Crippen molar-refractivity contribution in [2.24, 2.45) is 7.05 Å². The van der Waals surface area contributed by atoms with Crippen LogP contribution in [-0.2, 0) is 7.05 Å². The summed E-state index contributed by atoms with van der Waals surface area (Å²) < 4.78 is 1.84. The van der Waals surface area contributed by atoms with Gasteiger partial charge in [-0.2, -0.15) is 5.10 Å². The fourth-order valence-corrected chi connectivity index (χ4v) is 3.92. The summed E-state index contributed by atoms with van der Waals surface area (Å²) in [6.45, 7) is 0. The number of carbonyl (C=O) groups is 1. The quantitative estimate of drug-likeness (QED) is 0.482. The van der Waals surface area contributed by atoms with E-state index in [2.05, 4.69) is 10.4 Å². The molecule has 1 N–H and O–H groups in total. The maximum absolute atomic E-state index is 12.5. The van der Waals surface area contributed by atoms with Crippen LogP contribution in [0.4, 0.5) is 5.69 Å². The minimum atomic E-state index is -0.176. The molecule has 6 heteroatoms. The number of hydrogen-bond acceptors (Lipinski definition) is 3.